The molecule has 132 valence electrons. The highest BCUT2D eigenvalue weighted by molar-refractivity contribution is 7.71. The second kappa shape index (κ2) is 5.92. The molecule has 1 N–H and O–H groups in total. The van der Waals surface area contributed by atoms with Crippen LogP contribution in [0.25, 0.3) is 15.9 Å². The summed E-state index contributed by atoms with van der Waals surface area (Å²) in [6.07, 6.45) is 3.17. The van der Waals surface area contributed by atoms with E-state index in [1.807, 2.05) is 25.5 Å². The van der Waals surface area contributed by atoms with Crippen molar-refractivity contribution in [2.45, 2.75) is 53.5 Å². The molecule has 0 spiro atoms. The summed E-state index contributed by atoms with van der Waals surface area (Å²) < 4.78 is 4.01. The van der Waals surface area contributed by atoms with E-state index in [9.17, 15) is 4.79 Å². The number of nitrogens with one attached hydrogen (secondary N) is 1. The summed E-state index contributed by atoms with van der Waals surface area (Å²) in [6, 6.07) is 0. The lowest BCUT2D eigenvalue weighted by molar-refractivity contribution is 0.509. The molecule has 3 heterocycles. The molecule has 0 bridgehead atoms. The normalized spacial score (nSPS) is 17.2. The standard InChI is InChI=1S/C18H22N4OS2/c1-5-21-11(4)15(10(3)20-21)22-17(23)14-12-7-6-9(2)8-13(12)25-16(14)19-18(22)24/h9H,5-8H2,1-4H3,(H,19,24). The summed E-state index contributed by atoms with van der Waals surface area (Å²) in [5.74, 6) is 0.679. The number of nitrogens with zero attached hydrogens (tertiary/aromatic N) is 3. The lowest BCUT2D eigenvalue weighted by atomic mass is 9.89. The van der Waals surface area contributed by atoms with Crippen molar-refractivity contribution in [2.75, 3.05) is 0 Å². The van der Waals surface area contributed by atoms with E-state index in [2.05, 4.69) is 17.0 Å². The molecule has 0 aromatic carbocycles. The van der Waals surface area contributed by atoms with Crippen molar-refractivity contribution in [1.82, 2.24) is 19.3 Å². The van der Waals surface area contributed by atoms with Gasteiger partial charge in [0.1, 0.15) is 4.83 Å². The number of fused-ring (bicyclic) bond motifs is 3. The van der Waals surface area contributed by atoms with E-state index >= 15 is 0 Å². The molecular weight excluding hydrogens is 352 g/mol. The number of thiophene rings is 1. The Hall–Kier alpha value is -1.73. The highest BCUT2D eigenvalue weighted by Crippen LogP contribution is 2.36. The van der Waals surface area contributed by atoms with Crippen LogP contribution in [0.3, 0.4) is 0 Å². The number of rotatable bonds is 2. The zero-order chi connectivity index (χ0) is 17.9. The average Bonchev–Trinajstić information content (AvgIpc) is 3.05. The molecule has 0 saturated carbocycles. The average molecular weight is 375 g/mol. The van der Waals surface area contributed by atoms with Crippen LogP contribution in [0.4, 0.5) is 0 Å². The predicted molar refractivity (Wildman–Crippen MR) is 105 cm³/mol. The maximum Gasteiger partial charge on any atom is 0.268 e. The van der Waals surface area contributed by atoms with Crippen LogP contribution in [0, 0.1) is 24.5 Å². The Labute approximate surface area is 155 Å². The first-order valence-electron chi connectivity index (χ1n) is 8.76. The largest absolute Gasteiger partial charge is 0.323 e. The first-order chi connectivity index (χ1) is 11.9. The molecule has 25 heavy (non-hydrogen) atoms. The van der Waals surface area contributed by atoms with E-state index in [0.717, 1.165) is 53.1 Å². The Balaban J connectivity index is 2.05. The van der Waals surface area contributed by atoms with Crippen molar-refractivity contribution >= 4 is 33.8 Å². The minimum Gasteiger partial charge on any atom is -0.323 e. The summed E-state index contributed by atoms with van der Waals surface area (Å²) in [6.45, 7) is 9.03. The smallest absolute Gasteiger partial charge is 0.268 e. The third kappa shape index (κ3) is 2.44. The first kappa shape index (κ1) is 16.7. The molecule has 0 fully saturated rings. The van der Waals surface area contributed by atoms with Gasteiger partial charge in [0.05, 0.1) is 22.5 Å². The van der Waals surface area contributed by atoms with Crippen molar-refractivity contribution in [1.29, 1.82) is 0 Å². The van der Waals surface area contributed by atoms with Crippen molar-refractivity contribution in [3.05, 3.63) is 37.0 Å². The van der Waals surface area contributed by atoms with Crippen LogP contribution in [-0.2, 0) is 19.4 Å². The summed E-state index contributed by atoms with van der Waals surface area (Å²) >= 11 is 7.25. The van der Waals surface area contributed by atoms with Crippen LogP contribution in [0.15, 0.2) is 4.79 Å². The van der Waals surface area contributed by atoms with E-state index in [1.165, 1.54) is 10.4 Å². The quantitative estimate of drug-likeness (QED) is 0.688. The number of hydrogen-bond donors (Lipinski definition) is 1. The molecular formula is C18H22N4OS2. The van der Waals surface area contributed by atoms with Crippen LogP contribution in [0.1, 0.15) is 42.1 Å². The third-order valence-corrected chi connectivity index (χ3v) is 6.67. The Bertz CT molecular complexity index is 1100. The molecule has 0 radical (unpaired) electrons. The van der Waals surface area contributed by atoms with E-state index in [1.54, 1.807) is 15.9 Å². The predicted octanol–water partition coefficient (Wildman–Crippen LogP) is 4.07. The Morgan fingerprint density at radius 1 is 1.40 bits per heavy atom. The fraction of sp³-hybridized carbons (Fsp3) is 0.500. The SMILES string of the molecule is CCn1nc(C)c(-n2c(=S)[nH]c3sc4c(c3c2=O)CCC(C)C4)c1C. The molecule has 1 aliphatic carbocycles. The van der Waals surface area contributed by atoms with Gasteiger partial charge in [-0.25, -0.2) is 4.57 Å². The van der Waals surface area contributed by atoms with Crippen molar-refractivity contribution in [3.8, 4) is 5.69 Å². The number of aryl methyl sites for hydroxylation is 3. The molecule has 1 atom stereocenters. The summed E-state index contributed by atoms with van der Waals surface area (Å²) in [5.41, 5.74) is 3.84. The fourth-order valence-corrected chi connectivity index (χ4v) is 5.69. The van der Waals surface area contributed by atoms with Gasteiger partial charge in [-0.1, -0.05) is 6.92 Å². The molecule has 0 amide bonds. The summed E-state index contributed by atoms with van der Waals surface area (Å²) in [5, 5.41) is 5.37. The lowest BCUT2D eigenvalue weighted by Gasteiger charge is -2.17. The molecule has 0 saturated heterocycles. The molecule has 4 rings (SSSR count). The zero-order valence-corrected chi connectivity index (χ0v) is 16.6. The van der Waals surface area contributed by atoms with Crippen molar-refractivity contribution in [2.24, 2.45) is 5.92 Å². The van der Waals surface area contributed by atoms with Gasteiger partial charge in [0.15, 0.2) is 4.77 Å². The van der Waals surface area contributed by atoms with Crippen molar-refractivity contribution < 1.29 is 0 Å². The number of hydrogen-bond acceptors (Lipinski definition) is 4. The number of aromatic amines is 1. The van der Waals surface area contributed by atoms with Gasteiger partial charge in [0.2, 0.25) is 0 Å². The van der Waals surface area contributed by atoms with Crippen LogP contribution >= 0.6 is 23.6 Å². The Morgan fingerprint density at radius 3 is 2.84 bits per heavy atom. The van der Waals surface area contributed by atoms with Gasteiger partial charge in [0, 0.05) is 11.4 Å². The number of H-pyrrole nitrogens is 1. The minimum atomic E-state index is -0.00680. The molecule has 3 aromatic rings. The van der Waals surface area contributed by atoms with Gasteiger partial charge >= 0.3 is 0 Å². The first-order valence-corrected chi connectivity index (χ1v) is 9.98. The van der Waals surface area contributed by atoms with Crippen LogP contribution in [0.2, 0.25) is 0 Å². The maximum absolute atomic E-state index is 13.4. The highest BCUT2D eigenvalue weighted by Gasteiger charge is 2.25. The van der Waals surface area contributed by atoms with Gasteiger partial charge in [-0.15, -0.1) is 11.3 Å². The third-order valence-electron chi connectivity index (χ3n) is 5.22. The summed E-state index contributed by atoms with van der Waals surface area (Å²) in [7, 11) is 0. The Morgan fingerprint density at radius 2 is 2.16 bits per heavy atom. The van der Waals surface area contributed by atoms with Gasteiger partial charge < -0.3 is 4.98 Å². The van der Waals surface area contributed by atoms with Crippen LogP contribution in [-0.4, -0.2) is 19.3 Å². The topological polar surface area (TPSA) is 55.6 Å². The maximum atomic E-state index is 13.4. The van der Waals surface area contributed by atoms with Gasteiger partial charge in [-0.05, 0) is 63.7 Å². The van der Waals surface area contributed by atoms with E-state index in [0.29, 0.717) is 10.7 Å². The summed E-state index contributed by atoms with van der Waals surface area (Å²) in [4.78, 5) is 19.0. The molecule has 3 aromatic heterocycles. The Kier molecular flexibility index (Phi) is 3.96. The van der Waals surface area contributed by atoms with Crippen LogP contribution < -0.4 is 5.56 Å². The second-order valence-electron chi connectivity index (χ2n) is 6.96. The lowest BCUT2D eigenvalue weighted by Crippen LogP contribution is -2.22. The van der Waals surface area contributed by atoms with Gasteiger partial charge in [0.25, 0.3) is 5.56 Å². The highest BCUT2D eigenvalue weighted by atomic mass is 32.1. The zero-order valence-electron chi connectivity index (χ0n) is 15.0. The molecule has 1 unspecified atom stereocenters. The molecule has 7 heteroatoms. The van der Waals surface area contributed by atoms with E-state index < -0.39 is 0 Å². The minimum absolute atomic E-state index is 0.00680. The molecule has 5 nitrogen and oxygen atoms in total. The van der Waals surface area contributed by atoms with Gasteiger partial charge in [-0.3, -0.25) is 9.48 Å². The number of aromatic nitrogens is 4. The van der Waals surface area contributed by atoms with Gasteiger partial charge in [-0.2, -0.15) is 5.10 Å². The molecule has 0 aliphatic heterocycles. The second-order valence-corrected chi connectivity index (χ2v) is 8.45. The monoisotopic (exact) mass is 374 g/mol. The van der Waals surface area contributed by atoms with Crippen molar-refractivity contribution in [3.63, 3.8) is 0 Å². The van der Waals surface area contributed by atoms with E-state index in [-0.39, 0.29) is 5.56 Å². The van der Waals surface area contributed by atoms with Crippen LogP contribution in [0.5, 0.6) is 0 Å². The molecule has 1 aliphatic rings. The fourth-order valence-electron chi connectivity index (χ4n) is 3.94. The van der Waals surface area contributed by atoms with E-state index in [4.69, 9.17) is 12.2 Å².